The molecule has 2 nitrogen and oxygen atoms in total. The number of H-pyrrole nitrogens is 1. The predicted molar refractivity (Wildman–Crippen MR) is 47.7 cm³/mol. The molecule has 1 heterocycles. The molecular weight excluding hydrogens is 148 g/mol. The van der Waals surface area contributed by atoms with Gasteiger partial charge in [0.15, 0.2) is 0 Å². The second-order valence-electron chi connectivity index (χ2n) is 4.28. The summed E-state index contributed by atoms with van der Waals surface area (Å²) in [5, 5.41) is 0. The van der Waals surface area contributed by atoms with E-state index in [1.807, 2.05) is 0 Å². The third-order valence-corrected chi connectivity index (χ3v) is 3.65. The van der Waals surface area contributed by atoms with Gasteiger partial charge in [0.05, 0.1) is 0 Å². The van der Waals surface area contributed by atoms with Crippen molar-refractivity contribution in [1.29, 1.82) is 0 Å². The highest BCUT2D eigenvalue weighted by atomic mass is 14.8. The second kappa shape index (κ2) is 1.94. The summed E-state index contributed by atoms with van der Waals surface area (Å²) in [4.78, 5) is 3.16. The van der Waals surface area contributed by atoms with Crippen molar-refractivity contribution < 1.29 is 0 Å². The maximum Gasteiger partial charge on any atom is 0.0370 e. The van der Waals surface area contributed by atoms with Crippen molar-refractivity contribution in [3.8, 4) is 0 Å². The summed E-state index contributed by atoms with van der Waals surface area (Å²) in [5.74, 6) is 0. The number of aromatic amines is 1. The molecule has 1 fully saturated rings. The van der Waals surface area contributed by atoms with E-state index in [1.54, 1.807) is 0 Å². The van der Waals surface area contributed by atoms with Gasteiger partial charge in [-0.05, 0) is 42.2 Å². The lowest BCUT2D eigenvalue weighted by atomic mass is 9.80. The van der Waals surface area contributed by atoms with Gasteiger partial charge in [-0.15, -0.1) is 0 Å². The molecule has 2 aliphatic carbocycles. The van der Waals surface area contributed by atoms with Gasteiger partial charge >= 0.3 is 0 Å². The summed E-state index contributed by atoms with van der Waals surface area (Å²) < 4.78 is 0. The van der Waals surface area contributed by atoms with E-state index in [2.05, 4.69) is 17.4 Å². The number of rotatable bonds is 0. The van der Waals surface area contributed by atoms with E-state index >= 15 is 0 Å². The van der Waals surface area contributed by atoms with Crippen LogP contribution in [0.3, 0.4) is 0 Å². The number of hydrogen-bond donors (Lipinski definition) is 2. The molecule has 0 radical (unpaired) electrons. The van der Waals surface area contributed by atoms with E-state index in [-0.39, 0.29) is 0 Å². The van der Waals surface area contributed by atoms with E-state index in [0.717, 1.165) is 0 Å². The molecule has 3 rings (SSSR count). The molecule has 2 aliphatic rings. The summed E-state index contributed by atoms with van der Waals surface area (Å²) in [6.45, 7) is 0. The van der Waals surface area contributed by atoms with Gasteiger partial charge in [-0.2, -0.15) is 0 Å². The lowest BCUT2D eigenvalue weighted by Gasteiger charge is -2.28. The number of nitrogens with one attached hydrogen (secondary N) is 1. The Morgan fingerprint density at radius 1 is 1.33 bits per heavy atom. The molecule has 1 spiro atoms. The normalized spacial score (nSPS) is 30.2. The molecule has 1 unspecified atom stereocenters. The molecule has 0 saturated heterocycles. The van der Waals surface area contributed by atoms with E-state index in [4.69, 9.17) is 5.73 Å². The van der Waals surface area contributed by atoms with Crippen molar-refractivity contribution in [1.82, 2.24) is 4.98 Å². The van der Waals surface area contributed by atoms with Crippen LogP contribution in [0.2, 0.25) is 0 Å². The number of aryl methyl sites for hydroxylation is 1. The SMILES string of the molecule is NC1c2c[nH]cc2CCC12CC2. The van der Waals surface area contributed by atoms with Crippen LogP contribution in [0.25, 0.3) is 0 Å². The highest BCUT2D eigenvalue weighted by Gasteiger charge is 2.50. The smallest absolute Gasteiger partial charge is 0.0370 e. The first-order chi connectivity index (χ1) is 5.82. The third-order valence-electron chi connectivity index (χ3n) is 3.65. The van der Waals surface area contributed by atoms with Crippen molar-refractivity contribution in [2.24, 2.45) is 11.1 Å². The third kappa shape index (κ3) is 0.686. The van der Waals surface area contributed by atoms with Crippen LogP contribution in [-0.4, -0.2) is 4.98 Å². The average Bonchev–Trinajstić information content (AvgIpc) is 2.69. The Hall–Kier alpha value is -0.760. The van der Waals surface area contributed by atoms with Crippen LogP contribution in [0.1, 0.15) is 36.4 Å². The minimum Gasteiger partial charge on any atom is -0.367 e. The molecular formula is C10H14N2. The van der Waals surface area contributed by atoms with Gasteiger partial charge in [-0.25, -0.2) is 0 Å². The van der Waals surface area contributed by atoms with Gasteiger partial charge in [0, 0.05) is 18.4 Å². The lowest BCUT2D eigenvalue weighted by Crippen LogP contribution is -2.27. The van der Waals surface area contributed by atoms with E-state index < -0.39 is 0 Å². The zero-order valence-electron chi connectivity index (χ0n) is 7.14. The molecule has 3 N–H and O–H groups in total. The Bertz CT molecular complexity index is 309. The summed E-state index contributed by atoms with van der Waals surface area (Å²) in [7, 11) is 0. The minimum absolute atomic E-state index is 0.312. The molecule has 0 amide bonds. The van der Waals surface area contributed by atoms with Gasteiger partial charge in [-0.3, -0.25) is 0 Å². The van der Waals surface area contributed by atoms with Gasteiger partial charge in [0.2, 0.25) is 0 Å². The van der Waals surface area contributed by atoms with Gasteiger partial charge in [0.25, 0.3) is 0 Å². The Morgan fingerprint density at radius 3 is 2.92 bits per heavy atom. The first-order valence-electron chi connectivity index (χ1n) is 4.73. The minimum atomic E-state index is 0.312. The zero-order valence-corrected chi connectivity index (χ0v) is 7.14. The molecule has 1 atom stereocenters. The number of hydrogen-bond acceptors (Lipinski definition) is 1. The predicted octanol–water partition coefficient (Wildman–Crippen LogP) is 1.74. The van der Waals surface area contributed by atoms with Crippen molar-refractivity contribution in [3.05, 3.63) is 23.5 Å². The largest absolute Gasteiger partial charge is 0.367 e. The molecule has 0 aromatic carbocycles. The standard InChI is InChI=1S/C10H14N2/c11-9-8-6-12-5-7(8)1-2-10(9)3-4-10/h5-6,9,12H,1-4,11H2. The van der Waals surface area contributed by atoms with Crippen molar-refractivity contribution in [2.45, 2.75) is 31.7 Å². The maximum absolute atomic E-state index is 6.21. The topological polar surface area (TPSA) is 41.8 Å². The average molecular weight is 162 g/mol. The molecule has 1 aromatic rings. The van der Waals surface area contributed by atoms with Crippen LogP contribution in [-0.2, 0) is 6.42 Å². The second-order valence-corrected chi connectivity index (χ2v) is 4.28. The Balaban J connectivity index is 2.07. The Labute approximate surface area is 72.2 Å². The first-order valence-corrected chi connectivity index (χ1v) is 4.73. The molecule has 0 bridgehead atoms. The van der Waals surface area contributed by atoms with Gasteiger partial charge in [0.1, 0.15) is 0 Å². The number of fused-ring (bicyclic) bond motifs is 1. The molecule has 64 valence electrons. The Morgan fingerprint density at radius 2 is 2.17 bits per heavy atom. The van der Waals surface area contributed by atoms with Crippen molar-refractivity contribution >= 4 is 0 Å². The fourth-order valence-corrected chi connectivity index (χ4v) is 2.50. The van der Waals surface area contributed by atoms with Crippen molar-refractivity contribution in [2.75, 3.05) is 0 Å². The van der Waals surface area contributed by atoms with Crippen LogP contribution in [0, 0.1) is 5.41 Å². The molecule has 2 heteroatoms. The van der Waals surface area contributed by atoms with Crippen molar-refractivity contribution in [3.63, 3.8) is 0 Å². The summed E-state index contributed by atoms with van der Waals surface area (Å²) in [6.07, 6.45) is 9.41. The van der Waals surface area contributed by atoms with E-state index in [9.17, 15) is 0 Å². The monoisotopic (exact) mass is 162 g/mol. The highest BCUT2D eigenvalue weighted by Crippen LogP contribution is 2.59. The summed E-state index contributed by atoms with van der Waals surface area (Å²) >= 11 is 0. The number of nitrogens with two attached hydrogens (primary N) is 1. The van der Waals surface area contributed by atoms with Gasteiger partial charge < -0.3 is 10.7 Å². The number of aromatic nitrogens is 1. The van der Waals surface area contributed by atoms with Crippen LogP contribution < -0.4 is 5.73 Å². The fraction of sp³-hybridized carbons (Fsp3) is 0.600. The van der Waals surface area contributed by atoms with Crippen LogP contribution in [0.4, 0.5) is 0 Å². The van der Waals surface area contributed by atoms with E-state index in [0.29, 0.717) is 11.5 Å². The zero-order chi connectivity index (χ0) is 8.18. The maximum atomic E-state index is 6.21. The Kier molecular flexibility index (Phi) is 1.09. The van der Waals surface area contributed by atoms with E-state index in [1.165, 1.54) is 36.8 Å². The fourth-order valence-electron chi connectivity index (χ4n) is 2.50. The van der Waals surface area contributed by atoms with Gasteiger partial charge in [-0.1, -0.05) is 0 Å². The summed E-state index contributed by atoms with van der Waals surface area (Å²) in [5.41, 5.74) is 9.54. The van der Waals surface area contributed by atoms with Crippen LogP contribution >= 0.6 is 0 Å². The summed E-state index contributed by atoms with van der Waals surface area (Å²) in [6, 6.07) is 0.312. The first kappa shape index (κ1) is 6.72. The highest BCUT2D eigenvalue weighted by molar-refractivity contribution is 5.33. The van der Waals surface area contributed by atoms with Crippen LogP contribution in [0.5, 0.6) is 0 Å². The molecule has 1 aromatic heterocycles. The quantitative estimate of drug-likeness (QED) is 0.599. The molecule has 0 aliphatic heterocycles. The molecule has 12 heavy (non-hydrogen) atoms. The lowest BCUT2D eigenvalue weighted by molar-refractivity contribution is 0.355. The van der Waals surface area contributed by atoms with Crippen LogP contribution in [0.15, 0.2) is 12.4 Å². The molecule has 1 saturated carbocycles.